The van der Waals surface area contributed by atoms with Gasteiger partial charge < -0.3 is 0 Å². The molecule has 1 aliphatic rings. The maximum Gasteiger partial charge on any atom is 0.244 e. The largest absolute Gasteiger partial charge is 0.273 e. The molecule has 9 heavy (non-hydrogen) atoms. The van der Waals surface area contributed by atoms with Gasteiger partial charge in [0.2, 0.25) is 5.91 Å². The zero-order chi connectivity index (χ0) is 6.85. The molecule has 5 heteroatoms. The van der Waals surface area contributed by atoms with Gasteiger partial charge in [-0.25, -0.2) is 0 Å². The molecule has 1 heterocycles. The summed E-state index contributed by atoms with van der Waals surface area (Å²) in [5.41, 5.74) is 2.31. The van der Waals surface area contributed by atoms with Crippen LogP contribution in [0.1, 0.15) is 6.42 Å². The second kappa shape index (κ2) is 2.45. The predicted octanol–water partition coefficient (Wildman–Crippen LogP) is 0.957. The van der Waals surface area contributed by atoms with Gasteiger partial charge in [0, 0.05) is 16.8 Å². The maximum atomic E-state index is 10.5. The molecule has 50 valence electrons. The van der Waals surface area contributed by atoms with E-state index in [2.05, 4.69) is 5.43 Å². The first-order chi connectivity index (χ1) is 4.18. The average molecular weight is 167 g/mol. The van der Waals surface area contributed by atoms with Gasteiger partial charge in [0.15, 0.2) is 0 Å². The standard InChI is InChI=1S/C4H4Cl2N2O/c5-3-1-4(9)7-8(6)2-3/h2H,1H2,(H,7,9). The van der Waals surface area contributed by atoms with Crippen molar-refractivity contribution < 1.29 is 4.79 Å². The van der Waals surface area contributed by atoms with Crippen LogP contribution in [0.2, 0.25) is 0 Å². The van der Waals surface area contributed by atoms with Crippen molar-refractivity contribution in [2.24, 2.45) is 0 Å². The van der Waals surface area contributed by atoms with Crippen molar-refractivity contribution in [2.45, 2.75) is 6.42 Å². The third-order valence-electron chi connectivity index (χ3n) is 0.814. The maximum absolute atomic E-state index is 10.5. The fraction of sp³-hybridized carbons (Fsp3) is 0.250. The summed E-state index contributed by atoms with van der Waals surface area (Å²) < 4.78 is 1.01. The van der Waals surface area contributed by atoms with Gasteiger partial charge in [0.05, 0.1) is 12.6 Å². The number of carbonyl (C=O) groups is 1. The predicted molar refractivity (Wildman–Crippen MR) is 34.4 cm³/mol. The first-order valence-electron chi connectivity index (χ1n) is 2.29. The van der Waals surface area contributed by atoms with Gasteiger partial charge in [-0.05, 0) is 0 Å². The summed E-state index contributed by atoms with van der Waals surface area (Å²) >= 11 is 10.8. The number of carbonyl (C=O) groups excluding carboxylic acids is 1. The third-order valence-corrected chi connectivity index (χ3v) is 1.23. The van der Waals surface area contributed by atoms with Crippen LogP contribution in [0, 0.1) is 0 Å². The van der Waals surface area contributed by atoms with Crippen LogP contribution in [0.25, 0.3) is 0 Å². The molecule has 0 atom stereocenters. The molecule has 0 aromatic rings. The van der Waals surface area contributed by atoms with Crippen LogP contribution in [-0.2, 0) is 4.79 Å². The van der Waals surface area contributed by atoms with Gasteiger partial charge in [0.25, 0.3) is 0 Å². The molecule has 0 spiro atoms. The number of halogens is 2. The minimum atomic E-state index is -0.197. The monoisotopic (exact) mass is 166 g/mol. The zero-order valence-electron chi connectivity index (χ0n) is 4.40. The Bertz CT molecular complexity index is 168. The van der Waals surface area contributed by atoms with Crippen LogP contribution in [-0.4, -0.2) is 10.4 Å². The Balaban J connectivity index is 2.67. The highest BCUT2D eigenvalue weighted by atomic mass is 35.5. The van der Waals surface area contributed by atoms with Crippen molar-refractivity contribution >= 4 is 29.3 Å². The summed E-state index contributed by atoms with van der Waals surface area (Å²) in [6.07, 6.45) is 1.65. The molecule has 0 saturated heterocycles. The Kier molecular flexibility index (Phi) is 1.83. The molecular formula is C4H4Cl2N2O. The van der Waals surface area contributed by atoms with Gasteiger partial charge >= 0.3 is 0 Å². The van der Waals surface area contributed by atoms with Crippen molar-refractivity contribution in [2.75, 3.05) is 0 Å². The second-order valence-electron chi connectivity index (χ2n) is 1.60. The molecule has 0 fully saturated rings. The number of nitrogens with one attached hydrogen (secondary N) is 1. The molecular weight excluding hydrogens is 163 g/mol. The van der Waals surface area contributed by atoms with E-state index in [1.54, 1.807) is 0 Å². The van der Waals surface area contributed by atoms with Crippen LogP contribution in [0.15, 0.2) is 11.2 Å². The summed E-state index contributed by atoms with van der Waals surface area (Å²) in [5.74, 6) is -0.197. The molecule has 1 rings (SSSR count). The quantitative estimate of drug-likeness (QED) is 0.545. The number of hydrogen-bond acceptors (Lipinski definition) is 2. The van der Waals surface area contributed by atoms with Gasteiger partial charge in [-0.15, -0.1) is 0 Å². The van der Waals surface area contributed by atoms with Crippen LogP contribution in [0.5, 0.6) is 0 Å². The van der Waals surface area contributed by atoms with Crippen molar-refractivity contribution in [3.8, 4) is 0 Å². The number of rotatable bonds is 0. The molecule has 0 bridgehead atoms. The van der Waals surface area contributed by atoms with E-state index in [1.165, 1.54) is 6.20 Å². The summed E-state index contributed by atoms with van der Waals surface area (Å²) in [4.78, 5) is 10.5. The molecule has 1 amide bonds. The Labute approximate surface area is 62.3 Å². The third kappa shape index (κ3) is 1.77. The first-order valence-corrected chi connectivity index (χ1v) is 3.01. The number of hydrazine groups is 1. The van der Waals surface area contributed by atoms with E-state index in [-0.39, 0.29) is 12.3 Å². The Morgan fingerprint density at radius 1 is 1.78 bits per heavy atom. The highest BCUT2D eigenvalue weighted by Gasteiger charge is 2.12. The molecule has 0 saturated carbocycles. The van der Waals surface area contributed by atoms with Crippen molar-refractivity contribution in [1.29, 1.82) is 0 Å². The number of nitrogens with zero attached hydrogens (tertiary/aromatic N) is 1. The zero-order valence-corrected chi connectivity index (χ0v) is 5.91. The Morgan fingerprint density at radius 2 is 2.44 bits per heavy atom. The lowest BCUT2D eigenvalue weighted by atomic mass is 10.4. The van der Waals surface area contributed by atoms with Gasteiger partial charge in [-0.3, -0.25) is 10.2 Å². The molecule has 0 aromatic carbocycles. The lowest BCUT2D eigenvalue weighted by Crippen LogP contribution is -2.35. The van der Waals surface area contributed by atoms with E-state index >= 15 is 0 Å². The van der Waals surface area contributed by atoms with E-state index in [1.807, 2.05) is 0 Å². The molecule has 0 unspecified atom stereocenters. The molecule has 0 aromatic heterocycles. The Morgan fingerprint density at radius 3 is 2.89 bits per heavy atom. The van der Waals surface area contributed by atoms with Crippen LogP contribution >= 0.6 is 23.4 Å². The van der Waals surface area contributed by atoms with Crippen LogP contribution in [0.3, 0.4) is 0 Å². The van der Waals surface area contributed by atoms with E-state index in [9.17, 15) is 4.79 Å². The van der Waals surface area contributed by atoms with E-state index in [0.717, 1.165) is 4.53 Å². The minimum Gasteiger partial charge on any atom is -0.273 e. The van der Waals surface area contributed by atoms with E-state index in [0.29, 0.717) is 5.03 Å². The summed E-state index contributed by atoms with van der Waals surface area (Å²) in [6, 6.07) is 0. The molecule has 1 aliphatic heterocycles. The molecule has 0 radical (unpaired) electrons. The van der Waals surface area contributed by atoms with E-state index < -0.39 is 0 Å². The SMILES string of the molecule is O=C1CC(Cl)=CN(Cl)N1. The Hall–Kier alpha value is -0.410. The first kappa shape index (κ1) is 6.71. The molecule has 1 N–H and O–H groups in total. The fourth-order valence-corrected chi connectivity index (χ4v) is 0.994. The van der Waals surface area contributed by atoms with Crippen molar-refractivity contribution in [1.82, 2.24) is 9.95 Å². The summed E-state index contributed by atoms with van der Waals surface area (Å²) in [6.45, 7) is 0. The normalized spacial score (nSPS) is 19.1. The van der Waals surface area contributed by atoms with Gasteiger partial charge in [-0.2, -0.15) is 4.53 Å². The lowest BCUT2D eigenvalue weighted by molar-refractivity contribution is -0.123. The number of amides is 1. The number of hydrogen-bond donors (Lipinski definition) is 1. The minimum absolute atomic E-state index is 0.197. The highest BCUT2D eigenvalue weighted by Crippen LogP contribution is 2.13. The molecule has 0 aliphatic carbocycles. The highest BCUT2D eigenvalue weighted by molar-refractivity contribution is 6.31. The van der Waals surface area contributed by atoms with Gasteiger partial charge in [-0.1, -0.05) is 11.6 Å². The molecule has 3 nitrogen and oxygen atoms in total. The summed E-state index contributed by atoms with van der Waals surface area (Å²) in [7, 11) is 0. The van der Waals surface area contributed by atoms with Gasteiger partial charge in [0.1, 0.15) is 0 Å². The average Bonchev–Trinajstić information content (AvgIpc) is 1.59. The fourth-order valence-electron chi connectivity index (χ4n) is 0.513. The van der Waals surface area contributed by atoms with Crippen LogP contribution in [0.4, 0.5) is 0 Å². The van der Waals surface area contributed by atoms with Crippen LogP contribution < -0.4 is 5.43 Å². The van der Waals surface area contributed by atoms with E-state index in [4.69, 9.17) is 23.4 Å². The van der Waals surface area contributed by atoms with Crippen molar-refractivity contribution in [3.05, 3.63) is 11.2 Å². The summed E-state index contributed by atoms with van der Waals surface area (Å²) in [5, 5.41) is 0.439. The lowest BCUT2D eigenvalue weighted by Gasteiger charge is -2.16. The van der Waals surface area contributed by atoms with Crippen molar-refractivity contribution in [3.63, 3.8) is 0 Å². The second-order valence-corrected chi connectivity index (χ2v) is 2.45. The topological polar surface area (TPSA) is 32.3 Å². The smallest absolute Gasteiger partial charge is 0.244 e.